The fraction of sp³-hybridized carbons (Fsp3) is 0.417. The van der Waals surface area contributed by atoms with Gasteiger partial charge in [0.25, 0.3) is 5.91 Å². The number of hydrogen-bond acceptors (Lipinski definition) is 3. The van der Waals surface area contributed by atoms with Crippen molar-refractivity contribution in [1.29, 1.82) is 0 Å². The Hall–Kier alpha value is -1.35. The molecule has 118 valence electrons. The van der Waals surface area contributed by atoms with Crippen LogP contribution in [0.2, 0.25) is 0 Å². The molecule has 21 heavy (non-hydrogen) atoms. The first-order chi connectivity index (χ1) is 9.73. The average molecular weight is 374 g/mol. The molecule has 0 fully saturated rings. The van der Waals surface area contributed by atoms with Crippen molar-refractivity contribution in [3.8, 4) is 5.75 Å². The van der Waals surface area contributed by atoms with Gasteiger partial charge in [0, 0.05) is 11.0 Å². The van der Waals surface area contributed by atoms with Crippen LogP contribution in [0.1, 0.15) is 0 Å². The molecule has 9 heteroatoms. The van der Waals surface area contributed by atoms with Gasteiger partial charge in [-0.15, -0.1) is 0 Å². The van der Waals surface area contributed by atoms with E-state index < -0.39 is 44.2 Å². The van der Waals surface area contributed by atoms with Gasteiger partial charge < -0.3 is 14.7 Å². The summed E-state index contributed by atoms with van der Waals surface area (Å²) in [7, 11) is 0. The van der Waals surface area contributed by atoms with E-state index in [1.807, 2.05) is 0 Å². The van der Waals surface area contributed by atoms with Crippen molar-refractivity contribution < 1.29 is 32.2 Å². The molecule has 1 aromatic carbocycles. The summed E-state index contributed by atoms with van der Waals surface area (Å²) in [4.78, 5) is 12.0. The van der Waals surface area contributed by atoms with Crippen LogP contribution >= 0.6 is 15.9 Å². The van der Waals surface area contributed by atoms with Crippen LogP contribution in [0.5, 0.6) is 5.75 Å². The Morgan fingerprint density at radius 2 is 2.05 bits per heavy atom. The maximum Gasteiger partial charge on any atom is 0.406 e. The third-order valence-electron chi connectivity index (χ3n) is 2.34. The Balaban J connectivity index is 2.64. The van der Waals surface area contributed by atoms with Gasteiger partial charge >= 0.3 is 6.18 Å². The fourth-order valence-corrected chi connectivity index (χ4v) is 1.79. The molecule has 1 amide bonds. The van der Waals surface area contributed by atoms with E-state index in [0.29, 0.717) is 9.37 Å². The summed E-state index contributed by atoms with van der Waals surface area (Å²) in [5.41, 5.74) is 0. The number of carbonyl (C=O) groups is 1. The summed E-state index contributed by atoms with van der Waals surface area (Å²) in [6.07, 6.45) is -4.59. The van der Waals surface area contributed by atoms with Gasteiger partial charge in [0.05, 0.1) is 6.61 Å². The first-order valence-corrected chi connectivity index (χ1v) is 6.55. The predicted octanol–water partition coefficient (Wildman–Crippen LogP) is 2.35. The van der Waals surface area contributed by atoms with Gasteiger partial charge in [0.2, 0.25) is 0 Å². The zero-order valence-electron chi connectivity index (χ0n) is 10.7. The molecule has 0 atom stereocenters. The SMILES string of the molecule is O=C(COc1ccc(Br)cc1F)N(CCO)CC(F)(F)F. The first-order valence-electron chi connectivity index (χ1n) is 5.76. The summed E-state index contributed by atoms with van der Waals surface area (Å²) in [6.45, 7) is -3.35. The molecule has 0 saturated heterocycles. The number of rotatable bonds is 6. The minimum Gasteiger partial charge on any atom is -0.481 e. The highest BCUT2D eigenvalue weighted by atomic mass is 79.9. The van der Waals surface area contributed by atoms with Crippen molar-refractivity contribution in [1.82, 2.24) is 4.90 Å². The highest BCUT2D eigenvalue weighted by Gasteiger charge is 2.32. The quantitative estimate of drug-likeness (QED) is 0.778. The zero-order valence-corrected chi connectivity index (χ0v) is 12.2. The molecular weight excluding hydrogens is 362 g/mol. The molecule has 0 unspecified atom stereocenters. The summed E-state index contributed by atoms with van der Waals surface area (Å²) in [6, 6.07) is 3.80. The normalized spacial score (nSPS) is 11.3. The number of aliphatic hydroxyl groups is 1. The standard InChI is InChI=1S/C12H12BrF4NO3/c13-8-1-2-10(9(14)5-8)21-6-11(20)18(3-4-19)7-12(15,16)17/h1-2,5,19H,3-4,6-7H2. The number of nitrogens with zero attached hydrogens (tertiary/aromatic N) is 1. The monoisotopic (exact) mass is 373 g/mol. The molecule has 1 rings (SSSR count). The summed E-state index contributed by atoms with van der Waals surface area (Å²) in [5, 5.41) is 8.68. The molecular formula is C12H12BrF4NO3. The van der Waals surface area contributed by atoms with Crippen molar-refractivity contribution in [2.24, 2.45) is 0 Å². The van der Waals surface area contributed by atoms with Crippen LogP contribution in [0.4, 0.5) is 17.6 Å². The van der Waals surface area contributed by atoms with Gasteiger partial charge in [0.15, 0.2) is 18.2 Å². The molecule has 0 heterocycles. The van der Waals surface area contributed by atoms with Gasteiger partial charge in [-0.2, -0.15) is 13.2 Å². The van der Waals surface area contributed by atoms with E-state index in [1.165, 1.54) is 12.1 Å². The molecule has 0 aromatic heterocycles. The molecule has 0 bridgehead atoms. The second-order valence-electron chi connectivity index (χ2n) is 4.02. The molecule has 0 aliphatic carbocycles. The third-order valence-corrected chi connectivity index (χ3v) is 2.83. The van der Waals surface area contributed by atoms with Gasteiger partial charge in [0.1, 0.15) is 6.54 Å². The van der Waals surface area contributed by atoms with Crippen molar-refractivity contribution in [2.45, 2.75) is 6.18 Å². The lowest BCUT2D eigenvalue weighted by molar-refractivity contribution is -0.163. The number of halogens is 5. The molecule has 0 radical (unpaired) electrons. The van der Waals surface area contributed by atoms with Crippen LogP contribution < -0.4 is 4.74 Å². The smallest absolute Gasteiger partial charge is 0.406 e. The number of amides is 1. The van der Waals surface area contributed by atoms with Crippen LogP contribution in [0.3, 0.4) is 0 Å². The van der Waals surface area contributed by atoms with E-state index in [4.69, 9.17) is 9.84 Å². The molecule has 1 N–H and O–H groups in total. The van der Waals surface area contributed by atoms with Crippen molar-refractivity contribution in [3.05, 3.63) is 28.5 Å². The van der Waals surface area contributed by atoms with Gasteiger partial charge in [-0.25, -0.2) is 4.39 Å². The van der Waals surface area contributed by atoms with Gasteiger partial charge in [-0.1, -0.05) is 15.9 Å². The molecule has 4 nitrogen and oxygen atoms in total. The Labute approximate surface area is 126 Å². The van der Waals surface area contributed by atoms with E-state index in [1.54, 1.807) is 0 Å². The maximum atomic E-state index is 13.4. The topological polar surface area (TPSA) is 49.8 Å². The minimum absolute atomic E-state index is 0.248. The molecule has 0 aliphatic rings. The number of carbonyl (C=O) groups excluding carboxylic acids is 1. The van der Waals surface area contributed by atoms with Crippen LogP contribution in [0, 0.1) is 5.82 Å². The Morgan fingerprint density at radius 3 is 2.57 bits per heavy atom. The Bertz CT molecular complexity index is 496. The van der Waals surface area contributed by atoms with Gasteiger partial charge in [-0.05, 0) is 18.2 Å². The van der Waals surface area contributed by atoms with E-state index in [9.17, 15) is 22.4 Å². The largest absolute Gasteiger partial charge is 0.481 e. The molecule has 1 aromatic rings. The highest BCUT2D eigenvalue weighted by molar-refractivity contribution is 9.10. The van der Waals surface area contributed by atoms with E-state index in [0.717, 1.165) is 6.07 Å². The minimum atomic E-state index is -4.59. The van der Waals surface area contributed by atoms with E-state index in [2.05, 4.69) is 15.9 Å². The van der Waals surface area contributed by atoms with Gasteiger partial charge in [-0.3, -0.25) is 4.79 Å². The average Bonchev–Trinajstić information content (AvgIpc) is 2.35. The lowest BCUT2D eigenvalue weighted by Gasteiger charge is -2.23. The molecule has 0 spiro atoms. The second-order valence-corrected chi connectivity index (χ2v) is 4.93. The van der Waals surface area contributed by atoms with Crippen molar-refractivity contribution in [2.75, 3.05) is 26.3 Å². The first kappa shape index (κ1) is 17.7. The van der Waals surface area contributed by atoms with E-state index in [-0.39, 0.29) is 5.75 Å². The summed E-state index contributed by atoms with van der Waals surface area (Å²) < 4.78 is 55.6. The molecule has 0 aliphatic heterocycles. The van der Waals surface area contributed by atoms with Crippen LogP contribution in [0.25, 0.3) is 0 Å². The Morgan fingerprint density at radius 1 is 1.38 bits per heavy atom. The summed E-state index contributed by atoms with van der Waals surface area (Å²) >= 11 is 3.03. The van der Waals surface area contributed by atoms with E-state index >= 15 is 0 Å². The number of ether oxygens (including phenoxy) is 1. The second kappa shape index (κ2) is 7.60. The third kappa shape index (κ3) is 6.30. The lowest BCUT2D eigenvalue weighted by atomic mass is 10.3. The fourth-order valence-electron chi connectivity index (χ4n) is 1.45. The molecule has 0 saturated carbocycles. The number of hydrogen-bond donors (Lipinski definition) is 1. The maximum absolute atomic E-state index is 13.4. The number of aliphatic hydroxyl groups excluding tert-OH is 1. The van der Waals surface area contributed by atoms with Crippen LogP contribution in [-0.4, -0.2) is 48.4 Å². The van der Waals surface area contributed by atoms with Crippen molar-refractivity contribution in [3.63, 3.8) is 0 Å². The van der Waals surface area contributed by atoms with Crippen LogP contribution in [0.15, 0.2) is 22.7 Å². The zero-order chi connectivity index (χ0) is 16.0. The van der Waals surface area contributed by atoms with Crippen LogP contribution in [-0.2, 0) is 4.79 Å². The number of alkyl halides is 3. The highest BCUT2D eigenvalue weighted by Crippen LogP contribution is 2.21. The lowest BCUT2D eigenvalue weighted by Crippen LogP contribution is -2.43. The van der Waals surface area contributed by atoms with Crippen molar-refractivity contribution >= 4 is 21.8 Å². The Kier molecular flexibility index (Phi) is 6.41. The predicted molar refractivity (Wildman–Crippen MR) is 69.3 cm³/mol. The number of benzene rings is 1. The summed E-state index contributed by atoms with van der Waals surface area (Å²) in [5.74, 6) is -1.99.